The topological polar surface area (TPSA) is 89.3 Å². The summed E-state index contributed by atoms with van der Waals surface area (Å²) in [5.41, 5.74) is 1.68. The van der Waals surface area contributed by atoms with E-state index in [-0.39, 0.29) is 23.0 Å². The highest BCUT2D eigenvalue weighted by molar-refractivity contribution is 7.90. The van der Waals surface area contributed by atoms with E-state index in [1.165, 1.54) is 35.6 Å². The first-order valence-electron chi connectivity index (χ1n) is 8.29. The second kappa shape index (κ2) is 6.68. The molecule has 2 aromatic carbocycles. The number of fused-ring (bicyclic) bond motifs is 2. The van der Waals surface area contributed by atoms with Crippen LogP contribution in [0.5, 0.6) is 0 Å². The molecule has 9 heteroatoms. The van der Waals surface area contributed by atoms with Crippen LogP contribution in [0.1, 0.15) is 16.1 Å². The number of Topliss-reactive ketones (excluding diaryl/α,β-unsaturated/α-hetero) is 1. The van der Waals surface area contributed by atoms with Crippen LogP contribution in [0, 0.1) is 12.7 Å². The predicted octanol–water partition coefficient (Wildman–Crippen LogP) is 4.19. The number of hydrogen-bond donors (Lipinski definition) is 1. The van der Waals surface area contributed by atoms with Gasteiger partial charge in [-0.15, -0.1) is 0 Å². The Bertz CT molecular complexity index is 1340. The summed E-state index contributed by atoms with van der Waals surface area (Å²) in [5, 5.41) is 4.01. The Labute approximate surface area is 163 Å². The average molecular weight is 418 g/mol. The van der Waals surface area contributed by atoms with Crippen molar-refractivity contribution in [1.82, 2.24) is 4.98 Å². The maximum absolute atomic E-state index is 13.4. The molecule has 2 heterocycles. The maximum atomic E-state index is 13.4. The van der Waals surface area contributed by atoms with Crippen molar-refractivity contribution in [2.45, 2.75) is 11.8 Å². The molecule has 0 radical (unpaired) electrons. The van der Waals surface area contributed by atoms with Crippen molar-refractivity contribution in [2.75, 3.05) is 18.1 Å². The van der Waals surface area contributed by atoms with E-state index in [2.05, 4.69) is 10.3 Å². The number of nitrogens with zero attached hydrogens (tertiary/aromatic N) is 1. The first kappa shape index (κ1) is 18.6. The quantitative estimate of drug-likeness (QED) is 0.489. The number of thiazole rings is 1. The Morgan fingerprint density at radius 1 is 1.25 bits per heavy atom. The summed E-state index contributed by atoms with van der Waals surface area (Å²) >= 11 is 1.26. The van der Waals surface area contributed by atoms with Crippen molar-refractivity contribution in [3.05, 3.63) is 53.5 Å². The number of aryl methyl sites for hydroxylation is 1. The van der Waals surface area contributed by atoms with Gasteiger partial charge < -0.3 is 9.73 Å². The molecule has 0 amide bonds. The number of sulfone groups is 1. The Balaban J connectivity index is 1.56. The fourth-order valence-electron chi connectivity index (χ4n) is 2.91. The zero-order valence-electron chi connectivity index (χ0n) is 14.9. The highest BCUT2D eigenvalue weighted by atomic mass is 32.2. The van der Waals surface area contributed by atoms with E-state index in [9.17, 15) is 17.6 Å². The van der Waals surface area contributed by atoms with Crippen LogP contribution in [-0.4, -0.2) is 32.0 Å². The van der Waals surface area contributed by atoms with Crippen LogP contribution in [0.25, 0.3) is 21.2 Å². The maximum Gasteiger partial charge on any atom is 0.217 e. The second-order valence-corrected chi connectivity index (χ2v) is 9.44. The van der Waals surface area contributed by atoms with Crippen LogP contribution >= 0.6 is 11.3 Å². The summed E-state index contributed by atoms with van der Waals surface area (Å²) in [6, 6.07) is 8.81. The van der Waals surface area contributed by atoms with Crippen LogP contribution in [0.2, 0.25) is 0 Å². The van der Waals surface area contributed by atoms with Crippen LogP contribution < -0.4 is 5.32 Å². The van der Waals surface area contributed by atoms with Gasteiger partial charge in [0.2, 0.25) is 5.78 Å². The number of hydrogen-bond acceptors (Lipinski definition) is 7. The van der Waals surface area contributed by atoms with E-state index < -0.39 is 15.7 Å². The van der Waals surface area contributed by atoms with Gasteiger partial charge in [-0.3, -0.25) is 4.79 Å². The number of ketones is 1. The lowest BCUT2D eigenvalue weighted by Crippen LogP contribution is -2.14. The molecule has 0 saturated carbocycles. The third kappa shape index (κ3) is 3.38. The van der Waals surface area contributed by atoms with Gasteiger partial charge in [0.05, 0.1) is 21.7 Å². The lowest BCUT2D eigenvalue weighted by molar-refractivity contribution is 0.0981. The molecule has 0 aliphatic rings. The molecule has 6 nitrogen and oxygen atoms in total. The van der Waals surface area contributed by atoms with Gasteiger partial charge in [0.1, 0.15) is 11.4 Å². The first-order chi connectivity index (χ1) is 13.2. The van der Waals surface area contributed by atoms with E-state index >= 15 is 0 Å². The summed E-state index contributed by atoms with van der Waals surface area (Å²) in [5.74, 6) is -0.504. The van der Waals surface area contributed by atoms with E-state index in [1.54, 1.807) is 19.1 Å². The largest absolute Gasteiger partial charge is 0.453 e. The molecule has 0 aliphatic heterocycles. The molecule has 0 fully saturated rings. The monoisotopic (exact) mass is 418 g/mol. The van der Waals surface area contributed by atoms with Crippen molar-refractivity contribution in [3.63, 3.8) is 0 Å². The van der Waals surface area contributed by atoms with Crippen molar-refractivity contribution >= 4 is 53.3 Å². The van der Waals surface area contributed by atoms with Crippen molar-refractivity contribution in [2.24, 2.45) is 0 Å². The Kier molecular flexibility index (Phi) is 4.43. The Morgan fingerprint density at radius 2 is 2.04 bits per heavy atom. The highest BCUT2D eigenvalue weighted by Gasteiger charge is 2.18. The van der Waals surface area contributed by atoms with E-state index in [0.717, 1.165) is 6.26 Å². The third-order valence-electron chi connectivity index (χ3n) is 4.34. The van der Waals surface area contributed by atoms with Crippen LogP contribution in [0.3, 0.4) is 0 Å². The van der Waals surface area contributed by atoms with Gasteiger partial charge >= 0.3 is 0 Å². The van der Waals surface area contributed by atoms with Gasteiger partial charge in [-0.05, 0) is 43.3 Å². The lowest BCUT2D eigenvalue weighted by atomic mass is 10.1. The van der Waals surface area contributed by atoms with Crippen LogP contribution in [-0.2, 0) is 9.84 Å². The SMILES string of the molecule is Cc1c(C(=O)CNc2nc3ccc(S(C)(=O)=O)cc3s2)oc2ccc(F)cc12. The van der Waals surface area contributed by atoms with Crippen LogP contribution in [0.15, 0.2) is 45.7 Å². The number of benzene rings is 2. The number of anilines is 1. The average Bonchev–Trinajstić information content (AvgIpc) is 3.19. The summed E-state index contributed by atoms with van der Waals surface area (Å²) < 4.78 is 43.0. The molecular formula is C19H15FN2O4S2. The first-order valence-corrected chi connectivity index (χ1v) is 11.0. The van der Waals surface area contributed by atoms with Gasteiger partial charge in [0, 0.05) is 17.2 Å². The molecule has 4 rings (SSSR count). The molecule has 144 valence electrons. The fraction of sp³-hybridized carbons (Fsp3) is 0.158. The molecule has 4 aromatic rings. The number of furan rings is 1. The minimum absolute atomic E-state index is 0.0537. The molecule has 0 bridgehead atoms. The third-order valence-corrected chi connectivity index (χ3v) is 6.43. The molecule has 28 heavy (non-hydrogen) atoms. The number of rotatable bonds is 5. The second-order valence-electron chi connectivity index (χ2n) is 6.39. The molecule has 0 unspecified atom stereocenters. The van der Waals surface area contributed by atoms with Gasteiger partial charge in [0.25, 0.3) is 0 Å². The lowest BCUT2D eigenvalue weighted by Gasteiger charge is -2.00. The molecule has 0 saturated heterocycles. The molecule has 2 aromatic heterocycles. The predicted molar refractivity (Wildman–Crippen MR) is 106 cm³/mol. The molecule has 0 aliphatic carbocycles. The van der Waals surface area contributed by atoms with Crippen molar-refractivity contribution in [1.29, 1.82) is 0 Å². The number of carbonyl (C=O) groups is 1. The summed E-state index contributed by atoms with van der Waals surface area (Å²) in [4.78, 5) is 17.1. The van der Waals surface area contributed by atoms with Gasteiger partial charge in [-0.1, -0.05) is 11.3 Å². The Morgan fingerprint density at radius 3 is 2.79 bits per heavy atom. The number of nitrogens with one attached hydrogen (secondary N) is 1. The van der Waals surface area contributed by atoms with Gasteiger partial charge in [-0.25, -0.2) is 17.8 Å². The normalized spacial score (nSPS) is 12.0. The Hall–Kier alpha value is -2.78. The highest BCUT2D eigenvalue weighted by Crippen LogP contribution is 2.29. The van der Waals surface area contributed by atoms with Gasteiger partial charge in [0.15, 0.2) is 20.7 Å². The van der Waals surface area contributed by atoms with E-state index in [4.69, 9.17) is 4.42 Å². The smallest absolute Gasteiger partial charge is 0.217 e. The zero-order valence-corrected chi connectivity index (χ0v) is 16.6. The molecular weight excluding hydrogens is 403 g/mol. The summed E-state index contributed by atoms with van der Waals surface area (Å²) in [6.45, 7) is 1.66. The fourth-order valence-corrected chi connectivity index (χ4v) is 4.53. The van der Waals surface area contributed by atoms with Crippen molar-refractivity contribution < 1.29 is 22.0 Å². The van der Waals surface area contributed by atoms with E-state index in [1.807, 2.05) is 0 Å². The van der Waals surface area contributed by atoms with Gasteiger partial charge in [-0.2, -0.15) is 0 Å². The van der Waals surface area contributed by atoms with Crippen molar-refractivity contribution in [3.8, 4) is 0 Å². The summed E-state index contributed by atoms with van der Waals surface area (Å²) in [7, 11) is -3.30. The standard InChI is InChI=1S/C19H15FN2O4S2/c1-10-13-7-11(20)3-6-16(13)26-18(10)15(23)9-21-19-22-14-5-4-12(28(2,24)25)8-17(14)27-19/h3-8H,9H2,1-2H3,(H,21,22). The molecule has 0 spiro atoms. The number of carbonyl (C=O) groups excluding carboxylic acids is 1. The van der Waals surface area contributed by atoms with Crippen LogP contribution in [0.4, 0.5) is 9.52 Å². The number of aromatic nitrogens is 1. The molecule has 0 atom stereocenters. The minimum Gasteiger partial charge on any atom is -0.453 e. The van der Waals surface area contributed by atoms with E-state index in [0.29, 0.717) is 31.9 Å². The minimum atomic E-state index is -3.30. The zero-order chi connectivity index (χ0) is 20.1. The number of halogens is 1. The summed E-state index contributed by atoms with van der Waals surface area (Å²) in [6.07, 6.45) is 1.15. The molecule has 1 N–H and O–H groups in total.